The number of aliphatic hydroxyl groups is 1. The van der Waals surface area contributed by atoms with Crippen LogP contribution in [0.25, 0.3) is 0 Å². The average Bonchev–Trinajstić information content (AvgIpc) is 3.17. The molecule has 3 fully saturated rings. The molecule has 0 heterocycles. The summed E-state index contributed by atoms with van der Waals surface area (Å²) in [6, 6.07) is 8.34. The molecule has 0 aromatic heterocycles. The fraction of sp³-hybridized carbons (Fsp3) is 0.710. The number of aryl methyl sites for hydroxylation is 1. The van der Waals surface area contributed by atoms with E-state index in [0.29, 0.717) is 49.6 Å². The van der Waals surface area contributed by atoms with Crippen molar-refractivity contribution in [1.82, 2.24) is 0 Å². The lowest BCUT2D eigenvalue weighted by molar-refractivity contribution is -0.233. The van der Waals surface area contributed by atoms with Gasteiger partial charge >= 0.3 is 0 Å². The molecule has 1 aromatic carbocycles. The molecule has 3 saturated carbocycles. The Balaban J connectivity index is 1.41. The third-order valence-electron chi connectivity index (χ3n) is 10.6. The summed E-state index contributed by atoms with van der Waals surface area (Å²) in [5, 5.41) is 11.5. The fourth-order valence-corrected chi connectivity index (χ4v) is 8.63. The normalized spacial score (nSPS) is 42.6. The lowest BCUT2D eigenvalue weighted by Gasteiger charge is -2.60. The maximum Gasteiger partial charge on any atom is 0.169 e. The van der Waals surface area contributed by atoms with Gasteiger partial charge in [0.2, 0.25) is 0 Å². The Hall–Kier alpha value is -1.49. The molecule has 4 unspecified atom stereocenters. The third kappa shape index (κ3) is 4.24. The Labute approximate surface area is 211 Å². The Kier molecular flexibility index (Phi) is 6.56. The molecule has 5 rings (SSSR count). The van der Waals surface area contributed by atoms with Crippen molar-refractivity contribution in [3.8, 4) is 0 Å². The first-order valence-corrected chi connectivity index (χ1v) is 13.8. The number of carbonyl (C=O) groups excluding carboxylic acids is 1. The summed E-state index contributed by atoms with van der Waals surface area (Å²) in [5.41, 5.74) is 3.80. The van der Waals surface area contributed by atoms with E-state index in [4.69, 9.17) is 9.47 Å². The summed E-state index contributed by atoms with van der Waals surface area (Å²) in [6.07, 6.45) is 8.99. The molecule has 4 aliphatic carbocycles. The Morgan fingerprint density at radius 2 is 1.80 bits per heavy atom. The highest BCUT2D eigenvalue weighted by Gasteiger charge is 2.62. The summed E-state index contributed by atoms with van der Waals surface area (Å²) >= 11 is 0. The molecule has 4 nitrogen and oxygen atoms in total. The minimum absolute atomic E-state index is 0.0582. The Bertz CT molecular complexity index is 982. The molecule has 0 bridgehead atoms. The second-order valence-corrected chi connectivity index (χ2v) is 12.5. The molecule has 35 heavy (non-hydrogen) atoms. The summed E-state index contributed by atoms with van der Waals surface area (Å²) in [7, 11) is 0. The van der Waals surface area contributed by atoms with E-state index < -0.39 is 5.79 Å². The van der Waals surface area contributed by atoms with Crippen LogP contribution in [-0.4, -0.2) is 29.4 Å². The summed E-state index contributed by atoms with van der Waals surface area (Å²) in [4.78, 5) is 12.5. The molecule has 4 aliphatic rings. The van der Waals surface area contributed by atoms with Crippen LogP contribution in [0.1, 0.15) is 83.8 Å². The molecule has 4 heteroatoms. The van der Waals surface area contributed by atoms with E-state index in [0.717, 1.165) is 37.7 Å². The Morgan fingerprint density at radius 1 is 1.06 bits per heavy atom. The van der Waals surface area contributed by atoms with Gasteiger partial charge in [-0.25, -0.2) is 0 Å². The van der Waals surface area contributed by atoms with E-state index in [1.165, 1.54) is 11.1 Å². The highest BCUT2D eigenvalue weighted by atomic mass is 16.6. The van der Waals surface area contributed by atoms with Crippen LogP contribution in [0.5, 0.6) is 0 Å². The van der Waals surface area contributed by atoms with Gasteiger partial charge < -0.3 is 14.6 Å². The topological polar surface area (TPSA) is 55.8 Å². The van der Waals surface area contributed by atoms with Crippen molar-refractivity contribution >= 4 is 5.78 Å². The van der Waals surface area contributed by atoms with Crippen molar-refractivity contribution < 1.29 is 19.4 Å². The van der Waals surface area contributed by atoms with Crippen molar-refractivity contribution in [2.45, 2.75) is 98.1 Å². The zero-order valence-electron chi connectivity index (χ0n) is 22.3. The SMILES string of the molecule is CCOC1C=C2C[C@@](O)(OCc3ccc(C)cc3)CC[C@]2(C)C2CC[C@@]3(C)C(CC[C@@H]3C(C)=O)C12. The van der Waals surface area contributed by atoms with Gasteiger partial charge in [0, 0.05) is 25.4 Å². The first-order chi connectivity index (χ1) is 16.6. The number of hydrogen-bond donors (Lipinski definition) is 1. The number of Topliss-reactive ketones (excluding diaryl/α,β-unsaturated/α-hetero) is 1. The second kappa shape index (κ2) is 9.11. The van der Waals surface area contributed by atoms with Gasteiger partial charge in [-0.15, -0.1) is 0 Å². The third-order valence-corrected chi connectivity index (χ3v) is 10.6. The number of ether oxygens (including phenoxy) is 2. The lowest BCUT2D eigenvalue weighted by atomic mass is 9.46. The van der Waals surface area contributed by atoms with Crippen LogP contribution in [0.2, 0.25) is 0 Å². The molecule has 0 spiro atoms. The van der Waals surface area contributed by atoms with E-state index in [1.807, 2.05) is 0 Å². The molecular formula is C31H44O4. The number of benzene rings is 1. The monoisotopic (exact) mass is 480 g/mol. The van der Waals surface area contributed by atoms with Crippen molar-refractivity contribution in [3.63, 3.8) is 0 Å². The van der Waals surface area contributed by atoms with Crippen molar-refractivity contribution in [2.75, 3.05) is 6.61 Å². The van der Waals surface area contributed by atoms with Gasteiger partial charge in [0.25, 0.3) is 0 Å². The van der Waals surface area contributed by atoms with Gasteiger partial charge in [-0.1, -0.05) is 55.3 Å². The highest BCUT2D eigenvalue weighted by molar-refractivity contribution is 5.79. The zero-order chi connectivity index (χ0) is 25.0. The number of ketones is 1. The largest absolute Gasteiger partial charge is 0.374 e. The molecule has 8 atom stereocenters. The second-order valence-electron chi connectivity index (χ2n) is 12.5. The molecular weight excluding hydrogens is 436 g/mol. The van der Waals surface area contributed by atoms with E-state index in [1.54, 1.807) is 6.92 Å². The van der Waals surface area contributed by atoms with Crippen LogP contribution in [0.15, 0.2) is 35.9 Å². The molecule has 0 saturated heterocycles. The summed E-state index contributed by atoms with van der Waals surface area (Å²) < 4.78 is 12.6. The summed E-state index contributed by atoms with van der Waals surface area (Å²) in [5.74, 6) is 0.945. The fourth-order valence-electron chi connectivity index (χ4n) is 8.63. The minimum Gasteiger partial charge on any atom is -0.374 e. The first-order valence-electron chi connectivity index (χ1n) is 13.8. The Morgan fingerprint density at radius 3 is 2.49 bits per heavy atom. The quantitative estimate of drug-likeness (QED) is 0.379. The summed E-state index contributed by atoms with van der Waals surface area (Å²) in [6.45, 7) is 11.9. The molecule has 1 N–H and O–H groups in total. The molecule has 0 radical (unpaired) electrons. The smallest absolute Gasteiger partial charge is 0.169 e. The maximum atomic E-state index is 12.5. The van der Waals surface area contributed by atoms with Crippen LogP contribution in [-0.2, 0) is 20.9 Å². The molecule has 1 aromatic rings. The molecule has 0 aliphatic heterocycles. The number of fused-ring (bicyclic) bond motifs is 5. The van der Waals surface area contributed by atoms with Crippen LogP contribution < -0.4 is 0 Å². The van der Waals surface area contributed by atoms with E-state index >= 15 is 0 Å². The zero-order valence-corrected chi connectivity index (χ0v) is 22.3. The van der Waals surface area contributed by atoms with Crippen LogP contribution >= 0.6 is 0 Å². The molecule has 0 amide bonds. The van der Waals surface area contributed by atoms with Crippen molar-refractivity contribution in [2.24, 2.45) is 34.5 Å². The lowest BCUT2D eigenvalue weighted by Crippen LogP contribution is -2.56. The minimum atomic E-state index is -1.13. The van der Waals surface area contributed by atoms with Gasteiger partial charge in [-0.05, 0) is 87.0 Å². The number of hydrogen-bond acceptors (Lipinski definition) is 4. The van der Waals surface area contributed by atoms with Gasteiger partial charge in [0.05, 0.1) is 12.7 Å². The standard InChI is InChI=1S/C31H44O4/c1-6-34-27-17-23-18-31(33,35-19-22-9-7-20(2)8-10-22)16-15-29(23,4)26-13-14-30(5)24(21(3)32)11-12-25(30)28(26)27/h7-10,17,24-28,33H,6,11-16,18-19H2,1-5H3/t24-,25?,26?,27?,28?,29+,30-,31+/m1/s1. The van der Waals surface area contributed by atoms with Crippen LogP contribution in [0.4, 0.5) is 0 Å². The predicted molar refractivity (Wildman–Crippen MR) is 138 cm³/mol. The predicted octanol–water partition coefficient (Wildman–Crippen LogP) is 6.38. The van der Waals surface area contributed by atoms with E-state index in [-0.39, 0.29) is 22.9 Å². The van der Waals surface area contributed by atoms with Crippen molar-refractivity contribution in [1.29, 1.82) is 0 Å². The van der Waals surface area contributed by atoms with Gasteiger partial charge in [-0.3, -0.25) is 4.79 Å². The van der Waals surface area contributed by atoms with Gasteiger partial charge in [0.15, 0.2) is 5.79 Å². The number of carbonyl (C=O) groups is 1. The van der Waals surface area contributed by atoms with Crippen LogP contribution in [0, 0.1) is 41.4 Å². The van der Waals surface area contributed by atoms with E-state index in [2.05, 4.69) is 58.0 Å². The van der Waals surface area contributed by atoms with Crippen LogP contribution in [0.3, 0.4) is 0 Å². The van der Waals surface area contributed by atoms with Gasteiger partial charge in [0.1, 0.15) is 5.78 Å². The van der Waals surface area contributed by atoms with E-state index in [9.17, 15) is 9.90 Å². The average molecular weight is 481 g/mol. The van der Waals surface area contributed by atoms with Gasteiger partial charge in [-0.2, -0.15) is 0 Å². The molecule has 192 valence electrons. The maximum absolute atomic E-state index is 12.5. The highest BCUT2D eigenvalue weighted by Crippen LogP contribution is 2.67. The number of rotatable bonds is 6. The van der Waals surface area contributed by atoms with Crippen molar-refractivity contribution in [3.05, 3.63) is 47.0 Å². The first kappa shape index (κ1) is 25.2.